The van der Waals surface area contributed by atoms with Gasteiger partial charge in [-0.15, -0.1) is 10.2 Å². The first kappa shape index (κ1) is 23.0. The normalized spacial score (nSPS) is 24.2. The number of anilines is 1. The van der Waals surface area contributed by atoms with Crippen LogP contribution < -0.4 is 4.90 Å². The molecule has 9 heteroatoms. The molecule has 0 radical (unpaired) electrons. The van der Waals surface area contributed by atoms with Gasteiger partial charge in [0.05, 0.1) is 5.56 Å². The Kier molecular flexibility index (Phi) is 6.62. The summed E-state index contributed by atoms with van der Waals surface area (Å²) >= 11 is 1.79. The van der Waals surface area contributed by atoms with Gasteiger partial charge in [-0.25, -0.2) is 0 Å². The molecule has 2 aliphatic heterocycles. The van der Waals surface area contributed by atoms with Gasteiger partial charge in [-0.3, -0.25) is 0 Å². The van der Waals surface area contributed by atoms with Crippen molar-refractivity contribution in [2.45, 2.75) is 61.8 Å². The van der Waals surface area contributed by atoms with E-state index in [4.69, 9.17) is 0 Å². The Balaban J connectivity index is 1.09. The van der Waals surface area contributed by atoms with Gasteiger partial charge in [0.15, 0.2) is 5.16 Å². The molecule has 1 aromatic carbocycles. The zero-order valence-electron chi connectivity index (χ0n) is 19.1. The minimum Gasteiger partial charge on any atom is -0.367 e. The van der Waals surface area contributed by atoms with Gasteiger partial charge in [0.1, 0.15) is 5.82 Å². The monoisotopic (exact) mass is 479 g/mol. The summed E-state index contributed by atoms with van der Waals surface area (Å²) in [6.07, 6.45) is 2.99. The van der Waals surface area contributed by atoms with Crippen molar-refractivity contribution in [3.05, 3.63) is 35.7 Å². The Morgan fingerprint density at radius 3 is 2.52 bits per heavy atom. The third kappa shape index (κ3) is 4.90. The Morgan fingerprint density at radius 1 is 1.03 bits per heavy atom. The van der Waals surface area contributed by atoms with Crippen molar-refractivity contribution < 1.29 is 13.2 Å². The molecule has 3 fully saturated rings. The van der Waals surface area contributed by atoms with Crippen molar-refractivity contribution in [1.82, 2.24) is 19.7 Å². The molecule has 0 amide bonds. The summed E-state index contributed by atoms with van der Waals surface area (Å²) < 4.78 is 40.8. The number of rotatable bonds is 7. The van der Waals surface area contributed by atoms with Crippen LogP contribution in [0.5, 0.6) is 0 Å². The molecule has 1 aromatic heterocycles. The zero-order chi connectivity index (χ0) is 23.0. The third-order valence-corrected chi connectivity index (χ3v) is 8.69. The van der Waals surface area contributed by atoms with Crippen molar-refractivity contribution in [3.63, 3.8) is 0 Å². The molecule has 3 aliphatic rings. The number of thioether (sulfide) groups is 1. The van der Waals surface area contributed by atoms with Gasteiger partial charge >= 0.3 is 6.18 Å². The maximum Gasteiger partial charge on any atom is 0.416 e. The molecule has 0 unspecified atom stereocenters. The molecule has 2 atom stereocenters. The lowest BCUT2D eigenvalue weighted by molar-refractivity contribution is -0.137. The van der Waals surface area contributed by atoms with Crippen LogP contribution in [0.2, 0.25) is 0 Å². The fourth-order valence-corrected chi connectivity index (χ4v) is 6.68. The van der Waals surface area contributed by atoms with Crippen molar-refractivity contribution in [2.75, 3.05) is 36.8 Å². The third-order valence-electron chi connectivity index (χ3n) is 7.59. The van der Waals surface area contributed by atoms with Crippen LogP contribution in [0, 0.1) is 5.92 Å². The average molecular weight is 480 g/mol. The molecule has 1 saturated carbocycles. The number of aromatic nitrogens is 3. The van der Waals surface area contributed by atoms with Gasteiger partial charge in [-0.05, 0) is 62.4 Å². The lowest BCUT2D eigenvalue weighted by Gasteiger charge is -2.27. The highest BCUT2D eigenvalue weighted by atomic mass is 32.2. The molecule has 5 rings (SSSR count). The number of alkyl halides is 3. The van der Waals surface area contributed by atoms with Crippen molar-refractivity contribution >= 4 is 17.4 Å². The summed E-state index contributed by atoms with van der Waals surface area (Å²) in [6.45, 7) is 4.06. The van der Waals surface area contributed by atoms with E-state index in [1.54, 1.807) is 23.9 Å². The van der Waals surface area contributed by atoms with Gasteiger partial charge < -0.3 is 14.4 Å². The Hall–Kier alpha value is -1.74. The first-order valence-electron chi connectivity index (χ1n) is 12.1. The topological polar surface area (TPSA) is 37.2 Å². The largest absolute Gasteiger partial charge is 0.416 e. The van der Waals surface area contributed by atoms with Crippen LogP contribution in [0.3, 0.4) is 0 Å². The molecule has 33 heavy (non-hydrogen) atoms. The zero-order valence-corrected chi connectivity index (χ0v) is 19.9. The van der Waals surface area contributed by atoms with Gasteiger partial charge in [0, 0.05) is 50.1 Å². The summed E-state index contributed by atoms with van der Waals surface area (Å²) in [5, 5.41) is 9.91. The van der Waals surface area contributed by atoms with Crippen molar-refractivity contribution in [2.24, 2.45) is 13.0 Å². The standard InChI is InChI=1S/C24H32F3N5S/c1-30-22(17-5-2-3-6-17)28-29-23(30)33-14-4-12-31-15-18-11-13-32(21(18)16-31)20-9-7-19(8-10-20)24(25,26)27/h7-10,17-18,21H,2-6,11-16H2,1H3/t18-,21+/m1/s1. The van der Waals surface area contributed by atoms with E-state index >= 15 is 0 Å². The highest BCUT2D eigenvalue weighted by molar-refractivity contribution is 7.99. The van der Waals surface area contributed by atoms with Crippen LogP contribution in [0.4, 0.5) is 18.9 Å². The van der Waals surface area contributed by atoms with Crippen LogP contribution >= 0.6 is 11.8 Å². The number of hydrogen-bond acceptors (Lipinski definition) is 5. The second-order valence-electron chi connectivity index (χ2n) is 9.70. The molecular weight excluding hydrogens is 447 g/mol. The fraction of sp³-hybridized carbons (Fsp3) is 0.667. The second-order valence-corrected chi connectivity index (χ2v) is 10.8. The summed E-state index contributed by atoms with van der Waals surface area (Å²) in [5.41, 5.74) is 0.332. The van der Waals surface area contributed by atoms with Gasteiger partial charge in [0.2, 0.25) is 0 Å². The van der Waals surface area contributed by atoms with Crippen LogP contribution in [0.25, 0.3) is 0 Å². The van der Waals surface area contributed by atoms with E-state index in [1.165, 1.54) is 37.8 Å². The maximum absolute atomic E-state index is 12.9. The highest BCUT2D eigenvalue weighted by Crippen LogP contribution is 2.37. The molecular formula is C24H32F3N5S. The quantitative estimate of drug-likeness (QED) is 0.404. The minimum atomic E-state index is -4.28. The van der Waals surface area contributed by atoms with Gasteiger partial charge in [-0.1, -0.05) is 24.6 Å². The maximum atomic E-state index is 12.9. The molecule has 3 heterocycles. The summed E-state index contributed by atoms with van der Waals surface area (Å²) in [4.78, 5) is 4.83. The van der Waals surface area contributed by atoms with E-state index in [9.17, 15) is 13.2 Å². The smallest absolute Gasteiger partial charge is 0.367 e. The van der Waals surface area contributed by atoms with Crippen LogP contribution in [0.15, 0.2) is 29.4 Å². The predicted octanol–water partition coefficient (Wildman–Crippen LogP) is 5.18. The Labute approximate surface area is 197 Å². The van der Waals surface area contributed by atoms with E-state index in [-0.39, 0.29) is 0 Å². The second kappa shape index (κ2) is 9.49. The Bertz CT molecular complexity index is 939. The van der Waals surface area contributed by atoms with Gasteiger partial charge in [0.25, 0.3) is 0 Å². The fourth-order valence-electron chi connectivity index (χ4n) is 5.84. The summed E-state index contributed by atoms with van der Waals surface area (Å²) in [6, 6.07) is 6.08. The number of hydrogen-bond donors (Lipinski definition) is 0. The SMILES string of the molecule is Cn1c(SCCCN2C[C@H]3CCN(c4ccc(C(F)(F)F)cc4)[C@H]3C2)nnc1C1CCCC1. The molecule has 1 aliphatic carbocycles. The van der Waals surface area contributed by atoms with E-state index in [0.717, 1.165) is 61.4 Å². The van der Waals surface area contributed by atoms with Crippen LogP contribution in [-0.2, 0) is 13.2 Å². The van der Waals surface area contributed by atoms with E-state index in [1.807, 2.05) is 0 Å². The molecule has 2 aromatic rings. The summed E-state index contributed by atoms with van der Waals surface area (Å²) in [7, 11) is 2.09. The Morgan fingerprint density at radius 2 is 1.79 bits per heavy atom. The predicted molar refractivity (Wildman–Crippen MR) is 125 cm³/mol. The number of likely N-dealkylation sites (tertiary alicyclic amines) is 1. The summed E-state index contributed by atoms with van der Waals surface area (Å²) in [5.74, 6) is 3.34. The molecule has 180 valence electrons. The average Bonchev–Trinajstić information content (AvgIpc) is 3.56. The van der Waals surface area contributed by atoms with Crippen molar-refractivity contribution in [3.8, 4) is 0 Å². The van der Waals surface area contributed by atoms with E-state index < -0.39 is 11.7 Å². The number of benzene rings is 1. The van der Waals surface area contributed by atoms with Crippen LogP contribution in [-0.4, -0.2) is 57.6 Å². The van der Waals surface area contributed by atoms with E-state index in [2.05, 4.69) is 31.6 Å². The van der Waals surface area contributed by atoms with E-state index in [0.29, 0.717) is 17.9 Å². The first-order valence-corrected chi connectivity index (χ1v) is 13.1. The van der Waals surface area contributed by atoms with Gasteiger partial charge in [-0.2, -0.15) is 13.2 Å². The molecule has 2 saturated heterocycles. The highest BCUT2D eigenvalue weighted by Gasteiger charge is 2.41. The van der Waals surface area contributed by atoms with Crippen molar-refractivity contribution in [1.29, 1.82) is 0 Å². The lowest BCUT2D eigenvalue weighted by atomic mass is 10.0. The first-order chi connectivity index (χ1) is 15.9. The lowest BCUT2D eigenvalue weighted by Crippen LogP contribution is -2.35. The molecule has 0 bridgehead atoms. The number of nitrogens with zero attached hydrogens (tertiary/aromatic N) is 5. The minimum absolute atomic E-state index is 0.405. The number of fused-ring (bicyclic) bond motifs is 1. The molecule has 0 spiro atoms. The molecule has 0 N–H and O–H groups in total. The number of halogens is 3. The van der Waals surface area contributed by atoms with Crippen LogP contribution in [0.1, 0.15) is 55.8 Å². The molecule has 5 nitrogen and oxygen atoms in total.